The smallest absolute Gasteiger partial charge is 0.282 e. The number of hydrogen-bond acceptors (Lipinski definition) is 7. The van der Waals surface area contributed by atoms with Gasteiger partial charge in [-0.2, -0.15) is 5.01 Å². The molecule has 0 saturated carbocycles. The molecule has 142 valence electrons. The van der Waals surface area contributed by atoms with Crippen LogP contribution in [0.4, 0.5) is 11.4 Å². The van der Waals surface area contributed by atoms with Crippen molar-refractivity contribution < 1.29 is 14.5 Å². The summed E-state index contributed by atoms with van der Waals surface area (Å²) in [6.45, 7) is 2.38. The average molecular weight is 379 g/mol. The third-order valence-corrected chi connectivity index (χ3v) is 4.47. The molecule has 2 aromatic rings. The van der Waals surface area contributed by atoms with Gasteiger partial charge < -0.3 is 9.64 Å². The molecule has 9 heteroatoms. The van der Waals surface area contributed by atoms with Crippen molar-refractivity contribution in [3.8, 4) is 0 Å². The molecule has 1 saturated heterocycles. The van der Waals surface area contributed by atoms with E-state index < -0.39 is 4.92 Å². The van der Waals surface area contributed by atoms with Gasteiger partial charge in [-0.05, 0) is 29.8 Å². The average Bonchev–Trinajstić information content (AvgIpc) is 3.06. The van der Waals surface area contributed by atoms with Gasteiger partial charge in [0, 0.05) is 37.6 Å². The zero-order valence-corrected chi connectivity index (χ0v) is 14.9. The number of amidine groups is 1. The van der Waals surface area contributed by atoms with E-state index in [9.17, 15) is 14.9 Å². The molecule has 1 aromatic carbocycles. The number of carbonyl (C=O) groups excluding carboxylic acids is 1. The zero-order valence-electron chi connectivity index (χ0n) is 14.9. The summed E-state index contributed by atoms with van der Waals surface area (Å²) in [6.07, 6.45) is 5.10. The summed E-state index contributed by atoms with van der Waals surface area (Å²) in [5, 5.41) is 16.7. The maximum Gasteiger partial charge on any atom is 0.282 e. The number of amides is 1. The van der Waals surface area contributed by atoms with Crippen LogP contribution in [-0.4, -0.2) is 52.9 Å². The van der Waals surface area contributed by atoms with Gasteiger partial charge in [0.1, 0.15) is 0 Å². The van der Waals surface area contributed by atoms with E-state index in [0.29, 0.717) is 43.4 Å². The third kappa shape index (κ3) is 3.47. The minimum absolute atomic E-state index is 0.0427. The summed E-state index contributed by atoms with van der Waals surface area (Å²) in [5.74, 6) is 0.273. The van der Waals surface area contributed by atoms with Crippen LogP contribution in [0, 0.1) is 10.1 Å². The Morgan fingerprint density at radius 1 is 1.14 bits per heavy atom. The van der Waals surface area contributed by atoms with Crippen LogP contribution in [0.5, 0.6) is 0 Å². The number of pyridine rings is 1. The molecule has 2 aliphatic rings. The molecule has 1 fully saturated rings. The summed E-state index contributed by atoms with van der Waals surface area (Å²) in [5.41, 5.74) is 1.67. The Bertz CT molecular complexity index is 950. The van der Waals surface area contributed by atoms with E-state index in [-0.39, 0.29) is 11.6 Å². The summed E-state index contributed by atoms with van der Waals surface area (Å²) in [7, 11) is 0. The Labute approximate surface area is 160 Å². The molecule has 0 atom stereocenters. The first kappa shape index (κ1) is 17.8. The standard InChI is InChI=1S/C19H17N5O4/c25-19-17(12-14-2-1-7-20-13-14)18(22-8-10-28-11-9-22)21-23(19)15-3-5-16(6-4-15)24(26)27/h1-7,12-13H,8-11H2/b17-12+. The molecule has 0 N–H and O–H groups in total. The number of non-ortho nitro benzene ring substituents is 1. The monoisotopic (exact) mass is 379 g/mol. The van der Waals surface area contributed by atoms with Crippen LogP contribution in [0.1, 0.15) is 5.56 Å². The van der Waals surface area contributed by atoms with E-state index in [1.54, 1.807) is 24.5 Å². The van der Waals surface area contributed by atoms with Crippen molar-refractivity contribution in [1.29, 1.82) is 0 Å². The lowest BCUT2D eigenvalue weighted by atomic mass is 10.1. The molecule has 0 bridgehead atoms. The minimum atomic E-state index is -0.480. The van der Waals surface area contributed by atoms with Gasteiger partial charge in [0.05, 0.1) is 29.4 Å². The van der Waals surface area contributed by atoms with Crippen LogP contribution < -0.4 is 5.01 Å². The number of rotatable bonds is 3. The van der Waals surface area contributed by atoms with Gasteiger partial charge >= 0.3 is 0 Å². The van der Waals surface area contributed by atoms with Crippen molar-refractivity contribution in [1.82, 2.24) is 9.88 Å². The lowest BCUT2D eigenvalue weighted by Gasteiger charge is -2.28. The zero-order chi connectivity index (χ0) is 19.5. The Balaban J connectivity index is 1.71. The summed E-state index contributed by atoms with van der Waals surface area (Å²) < 4.78 is 5.40. The van der Waals surface area contributed by atoms with Crippen molar-refractivity contribution >= 4 is 29.2 Å². The van der Waals surface area contributed by atoms with Gasteiger partial charge in [-0.1, -0.05) is 6.07 Å². The van der Waals surface area contributed by atoms with E-state index >= 15 is 0 Å². The number of hydrogen-bond donors (Lipinski definition) is 0. The Morgan fingerprint density at radius 3 is 2.54 bits per heavy atom. The molecule has 0 radical (unpaired) electrons. The highest BCUT2D eigenvalue weighted by atomic mass is 16.6. The van der Waals surface area contributed by atoms with E-state index in [2.05, 4.69) is 10.1 Å². The number of morpholine rings is 1. The summed E-state index contributed by atoms with van der Waals surface area (Å²) in [4.78, 5) is 29.6. The molecule has 4 rings (SSSR count). The molecule has 0 aliphatic carbocycles. The predicted molar refractivity (Wildman–Crippen MR) is 103 cm³/mol. The summed E-state index contributed by atoms with van der Waals surface area (Å²) in [6, 6.07) is 9.40. The second-order valence-electron chi connectivity index (χ2n) is 6.26. The lowest BCUT2D eigenvalue weighted by molar-refractivity contribution is -0.384. The van der Waals surface area contributed by atoms with Gasteiger partial charge in [-0.15, -0.1) is 5.10 Å². The minimum Gasteiger partial charge on any atom is -0.378 e. The molecule has 9 nitrogen and oxygen atoms in total. The lowest BCUT2D eigenvalue weighted by Crippen LogP contribution is -2.41. The Kier molecular flexibility index (Phi) is 4.81. The number of aromatic nitrogens is 1. The molecule has 0 unspecified atom stereocenters. The van der Waals surface area contributed by atoms with E-state index in [1.807, 2.05) is 11.0 Å². The van der Waals surface area contributed by atoms with Crippen LogP contribution >= 0.6 is 0 Å². The van der Waals surface area contributed by atoms with E-state index in [0.717, 1.165) is 5.56 Å². The van der Waals surface area contributed by atoms with Crippen LogP contribution in [0.3, 0.4) is 0 Å². The first-order valence-corrected chi connectivity index (χ1v) is 8.76. The molecule has 28 heavy (non-hydrogen) atoms. The van der Waals surface area contributed by atoms with Crippen molar-refractivity contribution in [3.63, 3.8) is 0 Å². The number of ether oxygens (including phenoxy) is 1. The van der Waals surface area contributed by atoms with Gasteiger partial charge in [0.25, 0.3) is 11.6 Å². The molecule has 3 heterocycles. The van der Waals surface area contributed by atoms with Crippen molar-refractivity contribution in [2.24, 2.45) is 5.10 Å². The predicted octanol–water partition coefficient (Wildman–Crippen LogP) is 2.07. The highest BCUT2D eigenvalue weighted by molar-refractivity contribution is 6.32. The molecular weight excluding hydrogens is 362 g/mol. The Morgan fingerprint density at radius 2 is 1.89 bits per heavy atom. The largest absolute Gasteiger partial charge is 0.378 e. The molecular formula is C19H17N5O4. The second-order valence-corrected chi connectivity index (χ2v) is 6.26. The quantitative estimate of drug-likeness (QED) is 0.460. The number of nitrogens with zero attached hydrogens (tertiary/aromatic N) is 5. The van der Waals surface area contributed by atoms with Crippen molar-refractivity contribution in [2.45, 2.75) is 0 Å². The summed E-state index contributed by atoms with van der Waals surface area (Å²) >= 11 is 0. The SMILES string of the molecule is O=C1/C(=C/c2cccnc2)C(N2CCOCC2)=NN1c1ccc([N+](=O)[O-])cc1. The van der Waals surface area contributed by atoms with Crippen LogP contribution in [0.15, 0.2) is 59.5 Å². The van der Waals surface area contributed by atoms with Crippen LogP contribution in [0.25, 0.3) is 6.08 Å². The fourth-order valence-corrected chi connectivity index (χ4v) is 3.06. The number of nitro benzene ring substituents is 1. The van der Waals surface area contributed by atoms with E-state index in [1.165, 1.54) is 29.3 Å². The van der Waals surface area contributed by atoms with Gasteiger partial charge in [0.15, 0.2) is 5.84 Å². The highest BCUT2D eigenvalue weighted by Crippen LogP contribution is 2.28. The fourth-order valence-electron chi connectivity index (χ4n) is 3.06. The van der Waals surface area contributed by atoms with E-state index in [4.69, 9.17) is 4.74 Å². The first-order valence-electron chi connectivity index (χ1n) is 8.76. The van der Waals surface area contributed by atoms with Gasteiger partial charge in [-0.3, -0.25) is 19.9 Å². The number of benzene rings is 1. The maximum atomic E-state index is 13.1. The fraction of sp³-hybridized carbons (Fsp3) is 0.211. The number of hydrazone groups is 1. The molecule has 1 amide bonds. The molecule has 0 spiro atoms. The molecule has 1 aromatic heterocycles. The first-order chi connectivity index (χ1) is 13.6. The van der Waals surface area contributed by atoms with Crippen molar-refractivity contribution in [3.05, 3.63) is 70.0 Å². The number of anilines is 1. The maximum absolute atomic E-state index is 13.1. The molecule has 2 aliphatic heterocycles. The normalized spacial score (nSPS) is 18.5. The van der Waals surface area contributed by atoms with Crippen LogP contribution in [0.2, 0.25) is 0 Å². The third-order valence-electron chi connectivity index (χ3n) is 4.47. The second kappa shape index (κ2) is 7.57. The van der Waals surface area contributed by atoms with Gasteiger partial charge in [-0.25, -0.2) is 0 Å². The highest BCUT2D eigenvalue weighted by Gasteiger charge is 2.35. The van der Waals surface area contributed by atoms with Crippen molar-refractivity contribution in [2.75, 3.05) is 31.3 Å². The number of nitro groups is 1. The van der Waals surface area contributed by atoms with Crippen LogP contribution in [-0.2, 0) is 9.53 Å². The topological polar surface area (TPSA) is 101 Å². The Hall–Kier alpha value is -3.59. The number of carbonyl (C=O) groups is 1. The van der Waals surface area contributed by atoms with Gasteiger partial charge in [0.2, 0.25) is 0 Å².